The Kier molecular flexibility index (Phi) is 10.3. The number of amides is 2. The Balaban J connectivity index is 1.81. The smallest absolute Gasteiger partial charge is 0.264 e. The second-order valence-corrected chi connectivity index (χ2v) is 12.4. The molecule has 0 saturated heterocycles. The van der Waals surface area contributed by atoms with Crippen LogP contribution in [0.1, 0.15) is 16.7 Å². The molecule has 0 aromatic heterocycles. The van der Waals surface area contributed by atoms with Gasteiger partial charge in [-0.3, -0.25) is 13.9 Å². The van der Waals surface area contributed by atoms with Gasteiger partial charge in [-0.25, -0.2) is 8.42 Å². The number of nitrogens with zero attached hydrogens (tertiary/aromatic N) is 2. The SMILES string of the molecule is CNC(=O)[C@@H](Cc1ccccc1)N(Cc1ccc(Cl)cc1Cl)C(=O)CN(c1ccccc1C)S(=O)(=O)c1ccccc1. The van der Waals surface area contributed by atoms with E-state index in [0.717, 1.165) is 9.87 Å². The zero-order valence-corrected chi connectivity index (χ0v) is 25.5. The molecular formula is C32H31Cl2N3O4S. The Hall–Kier alpha value is -3.85. The number of rotatable bonds is 11. The van der Waals surface area contributed by atoms with Crippen molar-refractivity contribution in [2.75, 3.05) is 17.9 Å². The number of benzene rings is 4. The van der Waals surface area contributed by atoms with E-state index in [1.165, 1.54) is 24.1 Å². The van der Waals surface area contributed by atoms with Crippen LogP contribution in [0.3, 0.4) is 0 Å². The summed E-state index contributed by atoms with van der Waals surface area (Å²) in [6, 6.07) is 28.1. The number of carbonyl (C=O) groups is 2. The molecule has 4 rings (SSSR count). The molecule has 0 radical (unpaired) electrons. The van der Waals surface area contributed by atoms with Crippen molar-refractivity contribution in [3.8, 4) is 0 Å². The summed E-state index contributed by atoms with van der Waals surface area (Å²) >= 11 is 12.6. The van der Waals surface area contributed by atoms with Crippen molar-refractivity contribution in [3.63, 3.8) is 0 Å². The highest BCUT2D eigenvalue weighted by atomic mass is 35.5. The van der Waals surface area contributed by atoms with Gasteiger partial charge in [0.25, 0.3) is 10.0 Å². The van der Waals surface area contributed by atoms with E-state index in [1.54, 1.807) is 67.6 Å². The molecule has 0 heterocycles. The maximum atomic E-state index is 14.3. The molecule has 0 saturated carbocycles. The van der Waals surface area contributed by atoms with Crippen LogP contribution in [0.4, 0.5) is 5.69 Å². The Morgan fingerprint density at radius 1 is 0.857 bits per heavy atom. The Labute approximate surface area is 256 Å². The van der Waals surface area contributed by atoms with Crippen LogP contribution in [-0.4, -0.2) is 44.8 Å². The summed E-state index contributed by atoms with van der Waals surface area (Å²) in [4.78, 5) is 29.1. The highest BCUT2D eigenvalue weighted by Gasteiger charge is 2.35. The first kappa shape index (κ1) is 31.1. The normalized spacial score (nSPS) is 11.9. The van der Waals surface area contributed by atoms with E-state index in [1.807, 2.05) is 30.3 Å². The van der Waals surface area contributed by atoms with Gasteiger partial charge in [-0.2, -0.15) is 0 Å². The standard InChI is InChI=1S/C32H31Cl2N3O4S/c1-23-11-9-10-16-29(23)37(42(40,41)27-14-7-4-8-15-27)22-31(38)36(21-25-17-18-26(33)20-28(25)34)30(32(39)35-2)19-24-12-5-3-6-13-24/h3-18,20,30H,19,21-22H2,1-2H3,(H,35,39)/t30-/m1/s1. The molecule has 4 aromatic carbocycles. The summed E-state index contributed by atoms with van der Waals surface area (Å²) in [5.41, 5.74) is 2.42. The zero-order valence-electron chi connectivity index (χ0n) is 23.2. The van der Waals surface area contributed by atoms with Crippen molar-refractivity contribution < 1.29 is 18.0 Å². The van der Waals surface area contributed by atoms with Gasteiger partial charge in [0, 0.05) is 30.1 Å². The van der Waals surface area contributed by atoms with Crippen LogP contribution in [0, 0.1) is 6.92 Å². The molecular weight excluding hydrogens is 593 g/mol. The van der Waals surface area contributed by atoms with E-state index < -0.39 is 34.4 Å². The monoisotopic (exact) mass is 623 g/mol. The zero-order chi connectivity index (χ0) is 30.3. The maximum absolute atomic E-state index is 14.3. The minimum absolute atomic E-state index is 0.0421. The maximum Gasteiger partial charge on any atom is 0.264 e. The van der Waals surface area contributed by atoms with Crippen molar-refractivity contribution in [2.45, 2.75) is 30.8 Å². The number of sulfonamides is 1. The fourth-order valence-electron chi connectivity index (χ4n) is 4.63. The number of carbonyl (C=O) groups excluding carboxylic acids is 2. The third-order valence-corrected chi connectivity index (χ3v) is 9.23. The van der Waals surface area contributed by atoms with Gasteiger partial charge in [0.05, 0.1) is 10.6 Å². The minimum atomic E-state index is -4.16. The summed E-state index contributed by atoms with van der Waals surface area (Å²) in [6.45, 7) is 1.18. The van der Waals surface area contributed by atoms with Gasteiger partial charge in [0.15, 0.2) is 0 Å². The van der Waals surface area contributed by atoms with Crippen LogP contribution >= 0.6 is 23.2 Å². The molecule has 0 aliphatic rings. The van der Waals surface area contributed by atoms with Gasteiger partial charge in [-0.1, -0.05) is 96.0 Å². The second kappa shape index (κ2) is 13.9. The molecule has 2 amide bonds. The van der Waals surface area contributed by atoms with Crippen molar-refractivity contribution >= 4 is 50.7 Å². The van der Waals surface area contributed by atoms with E-state index in [9.17, 15) is 18.0 Å². The quantitative estimate of drug-likeness (QED) is 0.226. The van der Waals surface area contributed by atoms with Gasteiger partial charge in [-0.15, -0.1) is 0 Å². The highest BCUT2D eigenvalue weighted by molar-refractivity contribution is 7.92. The molecule has 7 nitrogen and oxygen atoms in total. The minimum Gasteiger partial charge on any atom is -0.357 e. The van der Waals surface area contributed by atoms with E-state index >= 15 is 0 Å². The van der Waals surface area contributed by atoms with Crippen molar-refractivity contribution in [3.05, 3.63) is 130 Å². The fraction of sp³-hybridized carbons (Fsp3) is 0.188. The lowest BCUT2D eigenvalue weighted by molar-refractivity contribution is -0.139. The fourth-order valence-corrected chi connectivity index (χ4v) is 6.60. The molecule has 218 valence electrons. The molecule has 42 heavy (non-hydrogen) atoms. The first-order valence-electron chi connectivity index (χ1n) is 13.2. The molecule has 0 aliphatic carbocycles. The van der Waals surface area contributed by atoms with Crippen LogP contribution < -0.4 is 9.62 Å². The average molecular weight is 625 g/mol. The van der Waals surface area contributed by atoms with E-state index in [2.05, 4.69) is 5.32 Å². The summed E-state index contributed by atoms with van der Waals surface area (Å²) in [5.74, 6) is -0.973. The summed E-state index contributed by atoms with van der Waals surface area (Å²) in [6.07, 6.45) is 0.202. The second-order valence-electron chi connectivity index (χ2n) is 9.69. The predicted octanol–water partition coefficient (Wildman–Crippen LogP) is 5.88. The number of hydrogen-bond donors (Lipinski definition) is 1. The lowest BCUT2D eigenvalue weighted by atomic mass is 10.0. The van der Waals surface area contributed by atoms with Gasteiger partial charge < -0.3 is 10.2 Å². The number of anilines is 1. The average Bonchev–Trinajstić information content (AvgIpc) is 2.99. The first-order chi connectivity index (χ1) is 20.1. The van der Waals surface area contributed by atoms with Crippen LogP contribution in [-0.2, 0) is 32.6 Å². The van der Waals surface area contributed by atoms with E-state index in [0.29, 0.717) is 26.9 Å². The molecule has 0 bridgehead atoms. The van der Waals surface area contributed by atoms with Crippen LogP contribution in [0.25, 0.3) is 0 Å². The Morgan fingerprint density at radius 3 is 2.10 bits per heavy atom. The lowest BCUT2D eigenvalue weighted by Gasteiger charge is -2.34. The van der Waals surface area contributed by atoms with Gasteiger partial charge in [-0.05, 0) is 53.9 Å². The van der Waals surface area contributed by atoms with Crippen LogP contribution in [0.2, 0.25) is 10.0 Å². The number of nitrogens with one attached hydrogen (secondary N) is 1. The molecule has 10 heteroatoms. The molecule has 0 spiro atoms. The van der Waals surface area contributed by atoms with Gasteiger partial charge in [0.2, 0.25) is 11.8 Å². The van der Waals surface area contributed by atoms with Crippen LogP contribution in [0.5, 0.6) is 0 Å². The Morgan fingerprint density at radius 2 is 1.48 bits per heavy atom. The Bertz CT molecular complexity index is 1650. The highest BCUT2D eigenvalue weighted by Crippen LogP contribution is 2.28. The first-order valence-corrected chi connectivity index (χ1v) is 15.4. The van der Waals surface area contributed by atoms with Crippen LogP contribution in [0.15, 0.2) is 108 Å². The summed E-state index contributed by atoms with van der Waals surface area (Å²) in [5, 5.41) is 3.41. The summed E-state index contributed by atoms with van der Waals surface area (Å²) in [7, 11) is -2.66. The lowest BCUT2D eigenvalue weighted by Crippen LogP contribution is -2.53. The molecule has 0 fully saturated rings. The molecule has 4 aromatic rings. The molecule has 0 unspecified atom stereocenters. The van der Waals surface area contributed by atoms with Gasteiger partial charge >= 0.3 is 0 Å². The predicted molar refractivity (Wildman–Crippen MR) is 167 cm³/mol. The number of hydrogen-bond acceptors (Lipinski definition) is 4. The number of aryl methyl sites for hydroxylation is 1. The topological polar surface area (TPSA) is 86.8 Å². The largest absolute Gasteiger partial charge is 0.357 e. The number of halogens is 2. The number of likely N-dealkylation sites (N-methyl/N-ethyl adjacent to an activating group) is 1. The third kappa shape index (κ3) is 7.31. The van der Waals surface area contributed by atoms with E-state index in [-0.39, 0.29) is 17.9 Å². The van der Waals surface area contributed by atoms with Crippen molar-refractivity contribution in [1.29, 1.82) is 0 Å². The van der Waals surface area contributed by atoms with Crippen molar-refractivity contribution in [2.24, 2.45) is 0 Å². The molecule has 0 aliphatic heterocycles. The van der Waals surface area contributed by atoms with E-state index in [4.69, 9.17) is 23.2 Å². The third-order valence-electron chi connectivity index (χ3n) is 6.87. The molecule has 1 atom stereocenters. The van der Waals surface area contributed by atoms with Gasteiger partial charge in [0.1, 0.15) is 12.6 Å². The number of para-hydroxylation sites is 1. The summed E-state index contributed by atoms with van der Waals surface area (Å²) < 4.78 is 29.1. The molecule has 1 N–H and O–H groups in total. The van der Waals surface area contributed by atoms with Crippen molar-refractivity contribution in [1.82, 2.24) is 10.2 Å².